The fraction of sp³-hybridized carbons (Fsp3) is 0.105. The van der Waals surface area contributed by atoms with Crippen molar-refractivity contribution in [3.8, 4) is 0 Å². The molecular formula is C19H18N4O2. The van der Waals surface area contributed by atoms with Gasteiger partial charge >= 0.3 is 0 Å². The fourth-order valence-electron chi connectivity index (χ4n) is 2.96. The molecule has 6 heteroatoms. The predicted molar refractivity (Wildman–Crippen MR) is 96.9 cm³/mol. The van der Waals surface area contributed by atoms with Gasteiger partial charge in [-0.3, -0.25) is 9.59 Å². The van der Waals surface area contributed by atoms with Gasteiger partial charge in [-0.15, -0.1) is 0 Å². The number of carbonyl (C=O) groups is 2. The number of hydrogen-bond acceptors (Lipinski definition) is 2. The summed E-state index contributed by atoms with van der Waals surface area (Å²) >= 11 is 0. The van der Waals surface area contributed by atoms with Gasteiger partial charge in [-0.1, -0.05) is 24.3 Å². The van der Waals surface area contributed by atoms with Crippen molar-refractivity contribution in [1.29, 1.82) is 0 Å². The molecule has 2 aromatic carbocycles. The van der Waals surface area contributed by atoms with E-state index in [2.05, 4.69) is 11.1 Å². The first-order valence-electron chi connectivity index (χ1n) is 7.83. The molecule has 1 aliphatic carbocycles. The summed E-state index contributed by atoms with van der Waals surface area (Å²) in [6, 6.07) is 12.6. The van der Waals surface area contributed by atoms with E-state index in [9.17, 15) is 9.59 Å². The molecule has 6 N–H and O–H groups in total. The molecule has 0 spiro atoms. The van der Waals surface area contributed by atoms with Crippen molar-refractivity contribution in [3.05, 3.63) is 76.4 Å². The molecule has 0 fully saturated rings. The fourth-order valence-corrected chi connectivity index (χ4v) is 2.96. The summed E-state index contributed by atoms with van der Waals surface area (Å²) < 4.78 is 0. The van der Waals surface area contributed by atoms with E-state index >= 15 is 0 Å². The molecule has 0 saturated carbocycles. The lowest BCUT2D eigenvalue weighted by atomic mass is 9.85. The van der Waals surface area contributed by atoms with E-state index < -0.39 is 11.8 Å². The molecule has 126 valence electrons. The Morgan fingerprint density at radius 2 is 1.76 bits per heavy atom. The lowest BCUT2D eigenvalue weighted by Crippen LogP contribution is -2.24. The van der Waals surface area contributed by atoms with Crippen LogP contribution in [0.15, 0.2) is 53.5 Å². The Hall–Kier alpha value is -3.41. The van der Waals surface area contributed by atoms with Gasteiger partial charge in [0.1, 0.15) is 0 Å². The van der Waals surface area contributed by atoms with Crippen molar-refractivity contribution < 1.29 is 9.59 Å². The Kier molecular flexibility index (Phi) is 4.35. The van der Waals surface area contributed by atoms with Gasteiger partial charge < -0.3 is 17.2 Å². The molecule has 3 rings (SSSR count). The largest absolute Gasteiger partial charge is 0.370 e. The van der Waals surface area contributed by atoms with E-state index in [0.29, 0.717) is 11.1 Å². The summed E-state index contributed by atoms with van der Waals surface area (Å²) in [5.41, 5.74) is 20.7. The zero-order chi connectivity index (χ0) is 18.0. The number of allylic oxidation sites excluding steroid dienone is 1. The lowest BCUT2D eigenvalue weighted by Gasteiger charge is -2.19. The second kappa shape index (κ2) is 6.60. The third-order valence-electron chi connectivity index (χ3n) is 4.10. The number of aliphatic imine (C=N–C) groups is 1. The Balaban J connectivity index is 2.07. The van der Waals surface area contributed by atoms with Crippen LogP contribution in [0, 0.1) is 0 Å². The number of nitrogens with two attached hydrogens (primary N) is 3. The Bertz CT molecular complexity index is 925. The van der Waals surface area contributed by atoms with Crippen LogP contribution in [0.1, 0.15) is 43.8 Å². The number of carbonyl (C=O) groups excluding carboxylic acids is 2. The SMILES string of the molecule is NC(=O)c1cccc(C2=CCCc3ccc(C(=O)N=C(N)N)cc32)c1. The van der Waals surface area contributed by atoms with E-state index in [-0.39, 0.29) is 5.96 Å². The molecule has 0 heterocycles. The average molecular weight is 334 g/mol. The third kappa shape index (κ3) is 3.42. The minimum Gasteiger partial charge on any atom is -0.370 e. The van der Waals surface area contributed by atoms with Crippen LogP contribution < -0.4 is 17.2 Å². The molecule has 0 bridgehead atoms. The van der Waals surface area contributed by atoms with Gasteiger partial charge in [0.2, 0.25) is 5.91 Å². The van der Waals surface area contributed by atoms with Crippen LogP contribution in [-0.2, 0) is 6.42 Å². The van der Waals surface area contributed by atoms with Gasteiger partial charge in [-0.25, -0.2) is 0 Å². The van der Waals surface area contributed by atoms with Crippen LogP contribution >= 0.6 is 0 Å². The van der Waals surface area contributed by atoms with Crippen LogP contribution in [-0.4, -0.2) is 17.8 Å². The molecule has 2 amide bonds. The Morgan fingerprint density at radius 1 is 0.960 bits per heavy atom. The topological polar surface area (TPSA) is 125 Å². The van der Waals surface area contributed by atoms with E-state index in [0.717, 1.165) is 35.1 Å². The van der Waals surface area contributed by atoms with Gasteiger partial charge in [0.15, 0.2) is 5.96 Å². The van der Waals surface area contributed by atoms with Crippen molar-refractivity contribution in [2.75, 3.05) is 0 Å². The minimum atomic E-state index is -0.487. The number of amides is 2. The van der Waals surface area contributed by atoms with Crippen molar-refractivity contribution in [2.45, 2.75) is 12.8 Å². The average Bonchev–Trinajstić information content (AvgIpc) is 2.60. The normalized spacial score (nSPS) is 12.7. The van der Waals surface area contributed by atoms with E-state index in [1.165, 1.54) is 0 Å². The molecule has 0 aliphatic heterocycles. The molecule has 0 aromatic heterocycles. The number of aryl methyl sites for hydroxylation is 1. The van der Waals surface area contributed by atoms with Crippen LogP contribution in [0.2, 0.25) is 0 Å². The molecule has 0 atom stereocenters. The van der Waals surface area contributed by atoms with Crippen LogP contribution in [0.5, 0.6) is 0 Å². The summed E-state index contributed by atoms with van der Waals surface area (Å²) in [7, 11) is 0. The van der Waals surface area contributed by atoms with Gasteiger partial charge in [-0.2, -0.15) is 4.99 Å². The standard InChI is InChI=1S/C19H18N4O2/c20-17(24)13-5-1-4-12(9-13)15-6-2-3-11-7-8-14(10-16(11)15)18(25)23-19(21)22/h1,4-10H,2-3H2,(H2,20,24)(H4,21,22,23,25). The molecule has 6 nitrogen and oxygen atoms in total. The maximum Gasteiger partial charge on any atom is 0.280 e. The van der Waals surface area contributed by atoms with Crippen molar-refractivity contribution in [2.24, 2.45) is 22.2 Å². The molecule has 2 aromatic rings. The van der Waals surface area contributed by atoms with Gasteiger partial charge in [0.25, 0.3) is 5.91 Å². The van der Waals surface area contributed by atoms with Crippen molar-refractivity contribution >= 4 is 23.3 Å². The molecule has 1 aliphatic rings. The Labute approximate surface area is 145 Å². The maximum atomic E-state index is 12.1. The highest BCUT2D eigenvalue weighted by molar-refractivity contribution is 6.03. The third-order valence-corrected chi connectivity index (χ3v) is 4.10. The first-order valence-corrected chi connectivity index (χ1v) is 7.83. The minimum absolute atomic E-state index is 0.271. The number of benzene rings is 2. The van der Waals surface area contributed by atoms with Gasteiger partial charge in [-0.05, 0) is 59.4 Å². The highest BCUT2D eigenvalue weighted by Crippen LogP contribution is 2.33. The van der Waals surface area contributed by atoms with E-state index in [4.69, 9.17) is 17.2 Å². The summed E-state index contributed by atoms with van der Waals surface area (Å²) in [5, 5.41) is 0. The van der Waals surface area contributed by atoms with Crippen LogP contribution in [0.3, 0.4) is 0 Å². The van der Waals surface area contributed by atoms with Gasteiger partial charge in [0.05, 0.1) is 0 Å². The highest BCUT2D eigenvalue weighted by atomic mass is 16.1. The van der Waals surface area contributed by atoms with Crippen molar-refractivity contribution in [3.63, 3.8) is 0 Å². The number of fused-ring (bicyclic) bond motifs is 1. The monoisotopic (exact) mass is 334 g/mol. The molecule has 0 unspecified atom stereocenters. The number of nitrogens with zero attached hydrogens (tertiary/aromatic N) is 1. The lowest BCUT2D eigenvalue weighted by molar-refractivity contribution is 0.0993. The number of primary amides is 1. The Morgan fingerprint density at radius 3 is 2.48 bits per heavy atom. The smallest absolute Gasteiger partial charge is 0.280 e. The zero-order valence-corrected chi connectivity index (χ0v) is 13.5. The highest BCUT2D eigenvalue weighted by Gasteiger charge is 2.17. The molecule has 25 heavy (non-hydrogen) atoms. The second-order valence-corrected chi connectivity index (χ2v) is 5.82. The zero-order valence-electron chi connectivity index (χ0n) is 13.5. The summed E-state index contributed by atoms with van der Waals surface area (Å²) in [4.78, 5) is 27.1. The van der Waals surface area contributed by atoms with E-state index in [1.54, 1.807) is 30.3 Å². The van der Waals surface area contributed by atoms with Gasteiger partial charge in [0, 0.05) is 11.1 Å². The maximum absolute atomic E-state index is 12.1. The quantitative estimate of drug-likeness (QED) is 0.582. The molecule has 0 radical (unpaired) electrons. The summed E-state index contributed by atoms with van der Waals surface area (Å²) in [5.74, 6) is -1.23. The molecular weight excluding hydrogens is 316 g/mol. The van der Waals surface area contributed by atoms with Crippen LogP contribution in [0.25, 0.3) is 5.57 Å². The van der Waals surface area contributed by atoms with E-state index in [1.807, 2.05) is 12.1 Å². The first kappa shape index (κ1) is 16.4. The second-order valence-electron chi connectivity index (χ2n) is 5.82. The number of guanidine groups is 1. The first-order chi connectivity index (χ1) is 12.0. The summed E-state index contributed by atoms with van der Waals surface area (Å²) in [6.07, 6.45) is 3.85. The number of hydrogen-bond donors (Lipinski definition) is 3. The molecule has 0 saturated heterocycles. The van der Waals surface area contributed by atoms with Crippen LogP contribution in [0.4, 0.5) is 0 Å². The summed E-state index contributed by atoms with van der Waals surface area (Å²) in [6.45, 7) is 0. The number of rotatable bonds is 3. The predicted octanol–water partition coefficient (Wildman–Crippen LogP) is 1.58. The van der Waals surface area contributed by atoms with Crippen molar-refractivity contribution in [1.82, 2.24) is 0 Å².